The van der Waals surface area contributed by atoms with E-state index >= 15 is 0 Å². The van der Waals surface area contributed by atoms with Crippen molar-refractivity contribution in [1.82, 2.24) is 24.4 Å². The molecule has 21 nitrogen and oxygen atoms in total. The Balaban J connectivity index is 1.14. The number of ether oxygens (including phenoxy) is 2. The van der Waals surface area contributed by atoms with E-state index in [2.05, 4.69) is 28.3 Å². The molecular formula is C21H27N7O14P2-2. The van der Waals surface area contributed by atoms with E-state index in [4.69, 9.17) is 20.9 Å². The number of carbonyl (C=O) groups excluding carboxylic acids is 1. The zero-order valence-electron chi connectivity index (χ0n) is 22.3. The largest absolute Gasteiger partial charge is 0.756 e. The van der Waals surface area contributed by atoms with Crippen LogP contribution in [0.5, 0.6) is 0 Å². The zero-order valence-corrected chi connectivity index (χ0v) is 24.1. The lowest BCUT2D eigenvalue weighted by atomic mass is 10.1. The molecule has 8 N–H and O–H groups in total. The molecule has 2 fully saturated rings. The van der Waals surface area contributed by atoms with E-state index in [0.717, 1.165) is 6.33 Å². The second-order valence-corrected chi connectivity index (χ2v) is 12.8. The molecular weight excluding hydrogens is 636 g/mol. The quantitative estimate of drug-likeness (QED) is 0.124. The molecule has 5 rings (SSSR count). The Bertz CT molecular complexity index is 1560. The van der Waals surface area contributed by atoms with Gasteiger partial charge in [-0.3, -0.25) is 18.5 Å². The van der Waals surface area contributed by atoms with Gasteiger partial charge in [-0.2, -0.15) is 0 Å². The molecule has 23 heteroatoms. The van der Waals surface area contributed by atoms with Crippen LogP contribution < -0.4 is 21.3 Å². The fourth-order valence-electron chi connectivity index (χ4n) is 4.70. The van der Waals surface area contributed by atoms with Gasteiger partial charge in [0.05, 0.1) is 26.1 Å². The Labute approximate surface area is 247 Å². The monoisotopic (exact) mass is 663 g/mol. The average molecular weight is 663 g/mol. The molecule has 1 amide bonds. The number of fused-ring (bicyclic) bond motifs is 1. The number of allylic oxidation sites excluding steroid dienone is 2. The van der Waals surface area contributed by atoms with Crippen molar-refractivity contribution in [1.29, 1.82) is 0 Å². The van der Waals surface area contributed by atoms with Gasteiger partial charge in [-0.1, -0.05) is 6.08 Å². The highest BCUT2D eigenvalue weighted by atomic mass is 31.3. The Hall–Kier alpha value is -2.88. The zero-order chi connectivity index (χ0) is 32.0. The third-order valence-electron chi connectivity index (χ3n) is 6.90. The fraction of sp³-hybridized carbons (Fsp3) is 0.524. The SMILES string of the molecule is NC(=O)C1=CC=CN([C@@H]2O[C@H](COP(=O)([O-])OP(=O)([O-])OC[C@H]3O[C@@H](n4cnc5c(N)ncnc54)[C@H](O)[C@@H]3O)[C@@H](O)[C@H]2O)C1. The number of aliphatic hydroxyl groups excluding tert-OH is 4. The second kappa shape index (κ2) is 12.5. The number of rotatable bonds is 11. The third-order valence-corrected chi connectivity index (χ3v) is 9.43. The molecule has 3 aliphatic rings. The highest BCUT2D eigenvalue weighted by Crippen LogP contribution is 2.56. The number of phosphoric acid groups is 2. The molecule has 10 atom stereocenters. The van der Waals surface area contributed by atoms with Gasteiger partial charge < -0.3 is 65.1 Å². The molecule has 0 spiro atoms. The first-order valence-corrected chi connectivity index (χ1v) is 15.6. The van der Waals surface area contributed by atoms with E-state index in [1.54, 1.807) is 0 Å². The minimum absolute atomic E-state index is 0.0377. The molecule has 0 aliphatic carbocycles. The van der Waals surface area contributed by atoms with Gasteiger partial charge >= 0.3 is 0 Å². The van der Waals surface area contributed by atoms with Crippen LogP contribution >= 0.6 is 15.6 Å². The van der Waals surface area contributed by atoms with Gasteiger partial charge in [-0.25, -0.2) is 19.3 Å². The highest BCUT2D eigenvalue weighted by Gasteiger charge is 2.47. The molecule has 2 aromatic rings. The van der Waals surface area contributed by atoms with Crippen LogP contribution in [0, 0.1) is 0 Å². The Kier molecular flexibility index (Phi) is 9.23. The van der Waals surface area contributed by atoms with Crippen molar-refractivity contribution in [2.24, 2.45) is 5.73 Å². The van der Waals surface area contributed by atoms with Crippen molar-refractivity contribution in [2.75, 3.05) is 25.5 Å². The third kappa shape index (κ3) is 6.70. The number of nitrogen functional groups attached to an aromatic ring is 1. The topological polar surface area (TPSA) is 323 Å². The van der Waals surface area contributed by atoms with Crippen molar-refractivity contribution in [3.05, 3.63) is 36.6 Å². The predicted molar refractivity (Wildman–Crippen MR) is 138 cm³/mol. The molecule has 3 aliphatic heterocycles. The van der Waals surface area contributed by atoms with Gasteiger partial charge in [0, 0.05) is 11.8 Å². The van der Waals surface area contributed by atoms with Crippen LogP contribution in [-0.2, 0) is 36.8 Å². The van der Waals surface area contributed by atoms with Crippen LogP contribution in [-0.4, -0.2) is 113 Å². The van der Waals surface area contributed by atoms with Gasteiger partial charge in [-0.05, 0) is 6.08 Å². The number of aromatic nitrogens is 4. The number of phosphoric ester groups is 2. The van der Waals surface area contributed by atoms with Crippen molar-refractivity contribution >= 4 is 38.5 Å². The maximum absolute atomic E-state index is 12.3. The number of anilines is 1. The highest BCUT2D eigenvalue weighted by molar-refractivity contribution is 7.59. The molecule has 0 radical (unpaired) electrons. The first-order chi connectivity index (χ1) is 20.7. The molecule has 2 unspecified atom stereocenters. The van der Waals surface area contributed by atoms with Crippen LogP contribution in [0.3, 0.4) is 0 Å². The summed E-state index contributed by atoms with van der Waals surface area (Å²) in [6.07, 6.45) is -5.40. The van der Waals surface area contributed by atoms with Crippen LogP contribution in [0.4, 0.5) is 5.82 Å². The maximum atomic E-state index is 12.3. The van der Waals surface area contributed by atoms with Crippen LogP contribution in [0.25, 0.3) is 11.2 Å². The summed E-state index contributed by atoms with van der Waals surface area (Å²) in [5.41, 5.74) is 11.5. The standard InChI is InChI=1S/C21H29N7O14P2/c22-17-12-19(25-7-24-17)28(8-26-12)21-16(32)14(30)11(41-21)6-39-44(36,37)42-43(34,35)38-5-10-13(29)15(31)20(40-10)27-3-1-2-9(4-27)18(23)33/h1-3,7-8,10-11,13-16,20-21,29-32H,4-6H2,(H2,23,33)(H,34,35)(H,36,37)(H2,22,24,25)/p-2/t10-,11-,13-,14-,15-,16-,20-,21-/m1/s1. The summed E-state index contributed by atoms with van der Waals surface area (Å²) in [5.74, 6) is -0.686. The molecule has 5 heterocycles. The first-order valence-electron chi connectivity index (χ1n) is 12.7. The molecule has 2 aromatic heterocycles. The first kappa shape index (κ1) is 32.5. The Morgan fingerprint density at radius 3 is 2.18 bits per heavy atom. The lowest BCUT2D eigenvalue weighted by Gasteiger charge is -2.32. The van der Waals surface area contributed by atoms with Crippen LogP contribution in [0.1, 0.15) is 6.23 Å². The van der Waals surface area contributed by atoms with Crippen molar-refractivity contribution in [3.8, 4) is 0 Å². The van der Waals surface area contributed by atoms with E-state index in [9.17, 15) is 44.1 Å². The van der Waals surface area contributed by atoms with Gasteiger partial charge in [-0.15, -0.1) is 0 Å². The number of nitrogens with zero attached hydrogens (tertiary/aromatic N) is 5. The number of amides is 1. The number of nitrogens with two attached hydrogens (primary N) is 2. The summed E-state index contributed by atoms with van der Waals surface area (Å²) in [6.45, 7) is -2.04. The fourth-order valence-corrected chi connectivity index (χ4v) is 6.72. The predicted octanol–water partition coefficient (Wildman–Crippen LogP) is -4.30. The van der Waals surface area contributed by atoms with E-state index in [-0.39, 0.29) is 29.1 Å². The minimum Gasteiger partial charge on any atom is -0.756 e. The Morgan fingerprint density at radius 2 is 1.57 bits per heavy atom. The summed E-state index contributed by atoms with van der Waals surface area (Å²) in [4.78, 5) is 49.1. The number of hydrogen-bond acceptors (Lipinski definition) is 19. The van der Waals surface area contributed by atoms with E-state index in [1.807, 2.05) is 0 Å². The summed E-state index contributed by atoms with van der Waals surface area (Å²) < 4.78 is 49.9. The number of hydrogen-bond donors (Lipinski definition) is 6. The van der Waals surface area contributed by atoms with Crippen LogP contribution in [0.2, 0.25) is 0 Å². The lowest BCUT2D eigenvalue weighted by Crippen LogP contribution is -2.43. The normalized spacial score (nSPS) is 33.3. The molecule has 0 aromatic carbocycles. The van der Waals surface area contributed by atoms with Crippen molar-refractivity contribution < 1.29 is 67.0 Å². The Morgan fingerprint density at radius 1 is 0.977 bits per heavy atom. The van der Waals surface area contributed by atoms with Crippen molar-refractivity contribution in [2.45, 2.75) is 49.1 Å². The lowest BCUT2D eigenvalue weighted by molar-refractivity contribution is -0.247. The van der Waals surface area contributed by atoms with Crippen molar-refractivity contribution in [3.63, 3.8) is 0 Å². The number of carbonyl (C=O) groups is 1. The maximum Gasteiger partial charge on any atom is 0.274 e. The molecule has 242 valence electrons. The molecule has 0 saturated carbocycles. The van der Waals surface area contributed by atoms with Gasteiger partial charge in [0.1, 0.15) is 48.5 Å². The minimum atomic E-state index is -5.68. The molecule has 44 heavy (non-hydrogen) atoms. The van der Waals surface area contributed by atoms with E-state index in [0.29, 0.717) is 0 Å². The molecule has 2 saturated heterocycles. The van der Waals surface area contributed by atoms with E-state index < -0.39 is 83.8 Å². The van der Waals surface area contributed by atoms with E-state index in [1.165, 1.54) is 34.1 Å². The van der Waals surface area contributed by atoms with Gasteiger partial charge in [0.25, 0.3) is 15.6 Å². The average Bonchev–Trinajstić information content (AvgIpc) is 3.61. The van der Waals surface area contributed by atoms with Crippen LogP contribution in [0.15, 0.2) is 36.6 Å². The summed E-state index contributed by atoms with van der Waals surface area (Å²) in [6, 6.07) is 0. The summed E-state index contributed by atoms with van der Waals surface area (Å²) in [5, 5.41) is 41.5. The van der Waals surface area contributed by atoms with Gasteiger partial charge in [0.15, 0.2) is 23.9 Å². The van der Waals surface area contributed by atoms with Gasteiger partial charge in [0.2, 0.25) is 5.91 Å². The summed E-state index contributed by atoms with van der Waals surface area (Å²) in [7, 11) is -11.3. The summed E-state index contributed by atoms with van der Waals surface area (Å²) >= 11 is 0. The smallest absolute Gasteiger partial charge is 0.274 e. The second-order valence-electron chi connectivity index (χ2n) is 9.81. The number of imidazole rings is 1. The number of aliphatic hydroxyl groups is 4. The molecule has 0 bridgehead atoms. The number of primary amides is 1.